The molecule has 7 nitrogen and oxygen atoms in total. The van der Waals surface area contributed by atoms with Gasteiger partial charge < -0.3 is 14.9 Å². The van der Waals surface area contributed by atoms with Crippen molar-refractivity contribution in [2.24, 2.45) is 0 Å². The van der Waals surface area contributed by atoms with Crippen molar-refractivity contribution in [2.75, 3.05) is 0 Å². The summed E-state index contributed by atoms with van der Waals surface area (Å²) in [5, 5.41) is 16.1. The smallest absolute Gasteiger partial charge is 0.329 e. The molecule has 1 aliphatic rings. The molecule has 2 N–H and O–H groups in total. The number of hydrogen-bond acceptors (Lipinski definition) is 5. The molecular formula is C16H16ClN3O4. The van der Waals surface area contributed by atoms with E-state index in [4.69, 9.17) is 21.2 Å². The van der Waals surface area contributed by atoms with Gasteiger partial charge in [0.2, 0.25) is 17.6 Å². The zero-order valence-electron chi connectivity index (χ0n) is 12.8. The Morgan fingerprint density at radius 2 is 2.00 bits per heavy atom. The summed E-state index contributed by atoms with van der Waals surface area (Å²) in [6, 6.07) is 7.08. The van der Waals surface area contributed by atoms with Crippen molar-refractivity contribution in [3.63, 3.8) is 0 Å². The number of nitrogens with one attached hydrogen (secondary N) is 1. The van der Waals surface area contributed by atoms with E-state index in [-0.39, 0.29) is 12.3 Å². The Balaban J connectivity index is 1.48. The number of aromatic nitrogens is 2. The molecule has 126 valence electrons. The number of carbonyl (C=O) groups excluding carboxylic acids is 1. The van der Waals surface area contributed by atoms with Gasteiger partial charge in [-0.25, -0.2) is 4.79 Å². The van der Waals surface area contributed by atoms with Crippen LogP contribution >= 0.6 is 11.6 Å². The molecule has 0 radical (unpaired) electrons. The first-order chi connectivity index (χ1) is 11.5. The molecule has 1 aliphatic carbocycles. The zero-order chi connectivity index (χ0) is 17.2. The predicted octanol–water partition coefficient (Wildman–Crippen LogP) is 2.45. The molecule has 2 aromatic rings. The lowest BCUT2D eigenvalue weighted by Gasteiger charge is -2.11. The molecule has 1 aromatic carbocycles. The van der Waals surface area contributed by atoms with Gasteiger partial charge in [-0.1, -0.05) is 16.8 Å². The molecule has 0 bridgehead atoms. The summed E-state index contributed by atoms with van der Waals surface area (Å²) in [6.45, 7) is 0. The first kappa shape index (κ1) is 16.4. The third-order valence-corrected chi connectivity index (χ3v) is 4.16. The Bertz CT molecular complexity index is 753. The molecular weight excluding hydrogens is 334 g/mol. The fourth-order valence-corrected chi connectivity index (χ4v) is 2.45. The summed E-state index contributed by atoms with van der Waals surface area (Å²) in [5.74, 6) is -0.339. The minimum absolute atomic E-state index is 0.216. The second kappa shape index (κ2) is 6.60. The molecule has 1 amide bonds. The number of nitrogens with zero attached hydrogens (tertiary/aromatic N) is 2. The third-order valence-electron chi connectivity index (χ3n) is 3.90. The van der Waals surface area contributed by atoms with Crippen LogP contribution in [0.3, 0.4) is 0 Å². The maximum atomic E-state index is 11.8. The average molecular weight is 350 g/mol. The number of hydrogen-bond donors (Lipinski definition) is 2. The van der Waals surface area contributed by atoms with Crippen LogP contribution in [0.5, 0.6) is 0 Å². The van der Waals surface area contributed by atoms with Crippen LogP contribution in [0.25, 0.3) is 11.4 Å². The maximum absolute atomic E-state index is 11.8. The van der Waals surface area contributed by atoms with Crippen LogP contribution in [0.4, 0.5) is 0 Å². The van der Waals surface area contributed by atoms with Crippen LogP contribution in [0, 0.1) is 0 Å². The fourth-order valence-electron chi connectivity index (χ4n) is 2.32. The lowest BCUT2D eigenvalue weighted by molar-refractivity contribution is -0.143. The van der Waals surface area contributed by atoms with Crippen molar-refractivity contribution in [3.8, 4) is 11.4 Å². The molecule has 3 rings (SSSR count). The molecule has 0 aliphatic heterocycles. The highest BCUT2D eigenvalue weighted by Crippen LogP contribution is 2.35. The number of halogens is 1. The van der Waals surface area contributed by atoms with E-state index in [9.17, 15) is 9.59 Å². The number of amides is 1. The number of aryl methyl sites for hydroxylation is 1. The van der Waals surface area contributed by atoms with Gasteiger partial charge in [-0.05, 0) is 43.5 Å². The Kier molecular flexibility index (Phi) is 4.53. The predicted molar refractivity (Wildman–Crippen MR) is 85.4 cm³/mol. The lowest BCUT2D eigenvalue weighted by Crippen LogP contribution is -2.42. The van der Waals surface area contributed by atoms with E-state index >= 15 is 0 Å². The van der Waals surface area contributed by atoms with Crippen molar-refractivity contribution in [1.82, 2.24) is 15.5 Å². The van der Waals surface area contributed by atoms with Crippen LogP contribution in [-0.4, -0.2) is 32.7 Å². The lowest BCUT2D eigenvalue weighted by atomic mass is 10.2. The van der Waals surface area contributed by atoms with E-state index < -0.39 is 11.5 Å². The van der Waals surface area contributed by atoms with Crippen molar-refractivity contribution >= 4 is 23.5 Å². The number of carbonyl (C=O) groups is 2. The van der Waals surface area contributed by atoms with Crippen molar-refractivity contribution < 1.29 is 19.2 Å². The van der Waals surface area contributed by atoms with Crippen LogP contribution in [0.2, 0.25) is 5.02 Å². The van der Waals surface area contributed by atoms with Crippen LogP contribution in [0.1, 0.15) is 31.6 Å². The number of carboxylic acids is 1. The third kappa shape index (κ3) is 3.73. The van der Waals surface area contributed by atoms with Gasteiger partial charge in [-0.2, -0.15) is 4.98 Å². The molecule has 0 unspecified atom stereocenters. The van der Waals surface area contributed by atoms with Crippen molar-refractivity contribution in [2.45, 2.75) is 37.6 Å². The van der Waals surface area contributed by atoms with Gasteiger partial charge in [0, 0.05) is 23.4 Å². The van der Waals surface area contributed by atoms with Gasteiger partial charge in [0.1, 0.15) is 5.54 Å². The Morgan fingerprint density at radius 3 is 2.62 bits per heavy atom. The zero-order valence-corrected chi connectivity index (χ0v) is 13.5. The summed E-state index contributed by atoms with van der Waals surface area (Å²) in [7, 11) is 0. The van der Waals surface area contributed by atoms with E-state index in [0.29, 0.717) is 42.4 Å². The fraction of sp³-hybridized carbons (Fsp3) is 0.375. The standard InChI is InChI=1S/C16H16ClN3O4/c17-11-6-4-10(5-7-11)14-18-13(24-20-14)3-1-2-12(21)19-16(8-9-16)15(22)23/h4-7H,1-3,8-9H2,(H,19,21)(H,22,23). The minimum Gasteiger partial charge on any atom is -0.480 e. The highest BCUT2D eigenvalue weighted by atomic mass is 35.5. The summed E-state index contributed by atoms with van der Waals surface area (Å²) in [6.07, 6.45) is 2.15. The quantitative estimate of drug-likeness (QED) is 0.795. The number of aliphatic carboxylic acids is 1. The normalized spacial score (nSPS) is 15.0. The first-order valence-electron chi connectivity index (χ1n) is 7.61. The highest BCUT2D eigenvalue weighted by molar-refractivity contribution is 6.30. The summed E-state index contributed by atoms with van der Waals surface area (Å²) in [5.41, 5.74) is -0.243. The molecule has 1 heterocycles. The molecule has 1 fully saturated rings. The van der Waals surface area contributed by atoms with Crippen LogP contribution in [0.15, 0.2) is 28.8 Å². The van der Waals surface area contributed by atoms with Gasteiger partial charge in [0.25, 0.3) is 0 Å². The van der Waals surface area contributed by atoms with E-state index in [2.05, 4.69) is 15.5 Å². The van der Waals surface area contributed by atoms with Gasteiger partial charge in [0.05, 0.1) is 0 Å². The second-order valence-corrected chi connectivity index (χ2v) is 6.24. The average Bonchev–Trinajstić information content (AvgIpc) is 3.18. The van der Waals surface area contributed by atoms with Gasteiger partial charge in [0.15, 0.2) is 0 Å². The number of benzene rings is 1. The molecule has 0 atom stereocenters. The summed E-state index contributed by atoms with van der Waals surface area (Å²) in [4.78, 5) is 27.1. The topological polar surface area (TPSA) is 105 Å². The molecule has 1 saturated carbocycles. The van der Waals surface area contributed by atoms with Gasteiger partial charge in [-0.3, -0.25) is 4.79 Å². The number of carboxylic acid groups (broad SMARTS) is 1. The van der Waals surface area contributed by atoms with Gasteiger partial charge in [-0.15, -0.1) is 0 Å². The molecule has 8 heteroatoms. The van der Waals surface area contributed by atoms with E-state index in [0.717, 1.165) is 5.56 Å². The largest absolute Gasteiger partial charge is 0.480 e. The van der Waals surface area contributed by atoms with Crippen LogP contribution in [-0.2, 0) is 16.0 Å². The molecule has 24 heavy (non-hydrogen) atoms. The Morgan fingerprint density at radius 1 is 1.29 bits per heavy atom. The van der Waals surface area contributed by atoms with E-state index in [1.165, 1.54) is 0 Å². The maximum Gasteiger partial charge on any atom is 0.329 e. The van der Waals surface area contributed by atoms with E-state index in [1.54, 1.807) is 24.3 Å². The second-order valence-electron chi connectivity index (χ2n) is 5.81. The van der Waals surface area contributed by atoms with Crippen molar-refractivity contribution in [3.05, 3.63) is 35.2 Å². The first-order valence-corrected chi connectivity index (χ1v) is 7.99. The monoisotopic (exact) mass is 349 g/mol. The molecule has 0 saturated heterocycles. The summed E-state index contributed by atoms with van der Waals surface area (Å²) >= 11 is 5.83. The SMILES string of the molecule is O=C(CCCc1nc(-c2ccc(Cl)cc2)no1)NC1(C(=O)O)CC1. The minimum atomic E-state index is -1.04. The molecule has 1 aromatic heterocycles. The van der Waals surface area contributed by atoms with E-state index in [1.807, 2.05) is 0 Å². The van der Waals surface area contributed by atoms with Crippen molar-refractivity contribution in [1.29, 1.82) is 0 Å². The number of rotatable bonds is 7. The summed E-state index contributed by atoms with van der Waals surface area (Å²) < 4.78 is 5.16. The highest BCUT2D eigenvalue weighted by Gasteiger charge is 2.51. The van der Waals surface area contributed by atoms with Crippen LogP contribution < -0.4 is 5.32 Å². The van der Waals surface area contributed by atoms with Gasteiger partial charge >= 0.3 is 5.97 Å². The Labute approximate surface area is 143 Å². The molecule has 0 spiro atoms. The Hall–Kier alpha value is -2.41.